The van der Waals surface area contributed by atoms with Crippen molar-refractivity contribution in [2.24, 2.45) is 5.84 Å². The minimum atomic E-state index is -4.14. The lowest BCUT2D eigenvalue weighted by atomic mass is 10.0. The second-order valence-electron chi connectivity index (χ2n) is 3.87. The van der Waals surface area contributed by atoms with Gasteiger partial charge >= 0.3 is 6.18 Å². The summed E-state index contributed by atoms with van der Waals surface area (Å²) in [6.07, 6.45) is -4.69. The van der Waals surface area contributed by atoms with Gasteiger partial charge in [-0.25, -0.2) is 0 Å². The fraction of sp³-hybridized carbons (Fsp3) is 0.455. The van der Waals surface area contributed by atoms with E-state index in [0.717, 1.165) is 0 Å². The molecule has 18 heavy (non-hydrogen) atoms. The lowest BCUT2D eigenvalue weighted by molar-refractivity contribution is -0.135. The molecule has 1 rings (SSSR count). The predicted octanol–water partition coefficient (Wildman–Crippen LogP) is 4.34. The van der Waals surface area contributed by atoms with Crippen LogP contribution in [0.2, 0.25) is 5.02 Å². The van der Waals surface area contributed by atoms with Crippen molar-refractivity contribution in [3.63, 3.8) is 0 Å². The van der Waals surface area contributed by atoms with Crippen molar-refractivity contribution in [3.8, 4) is 0 Å². The zero-order valence-corrected chi connectivity index (χ0v) is 11.7. The van der Waals surface area contributed by atoms with Crippen LogP contribution in [0.3, 0.4) is 0 Å². The SMILES string of the molecule is NNC(CCCC(F)(F)F)c1cccc(Br)c1Cl. The van der Waals surface area contributed by atoms with E-state index in [4.69, 9.17) is 17.4 Å². The van der Waals surface area contributed by atoms with E-state index in [-0.39, 0.29) is 12.8 Å². The van der Waals surface area contributed by atoms with Crippen molar-refractivity contribution in [2.75, 3.05) is 0 Å². The molecule has 0 heterocycles. The fourth-order valence-electron chi connectivity index (χ4n) is 1.62. The number of rotatable bonds is 5. The topological polar surface area (TPSA) is 38.0 Å². The maximum atomic E-state index is 12.1. The molecule has 3 N–H and O–H groups in total. The number of hydrogen-bond donors (Lipinski definition) is 2. The first kappa shape index (κ1) is 15.8. The van der Waals surface area contributed by atoms with Crippen LogP contribution in [0.5, 0.6) is 0 Å². The summed E-state index contributed by atoms with van der Waals surface area (Å²) in [5, 5.41) is 0.465. The molecule has 1 aromatic rings. The Hall–Kier alpha value is -0.300. The molecule has 7 heteroatoms. The number of nitrogens with two attached hydrogens (primary N) is 1. The largest absolute Gasteiger partial charge is 0.389 e. The molecule has 0 radical (unpaired) electrons. The summed E-state index contributed by atoms with van der Waals surface area (Å²) < 4.78 is 36.9. The highest BCUT2D eigenvalue weighted by atomic mass is 79.9. The number of hydrogen-bond acceptors (Lipinski definition) is 2. The van der Waals surface area contributed by atoms with Crippen molar-refractivity contribution < 1.29 is 13.2 Å². The van der Waals surface area contributed by atoms with Crippen molar-refractivity contribution in [2.45, 2.75) is 31.5 Å². The Balaban J connectivity index is 2.69. The zero-order valence-electron chi connectivity index (χ0n) is 9.40. The molecule has 0 aliphatic carbocycles. The van der Waals surface area contributed by atoms with Gasteiger partial charge in [0.25, 0.3) is 0 Å². The van der Waals surface area contributed by atoms with Crippen molar-refractivity contribution >= 4 is 27.5 Å². The quantitative estimate of drug-likeness (QED) is 0.615. The van der Waals surface area contributed by atoms with Crippen LogP contribution < -0.4 is 11.3 Å². The minimum Gasteiger partial charge on any atom is -0.271 e. The van der Waals surface area contributed by atoms with E-state index in [1.165, 1.54) is 0 Å². The Labute approximate surface area is 117 Å². The predicted molar refractivity (Wildman–Crippen MR) is 69.1 cm³/mol. The van der Waals surface area contributed by atoms with Crippen LogP contribution in [0, 0.1) is 0 Å². The third-order valence-electron chi connectivity index (χ3n) is 2.51. The molecule has 1 unspecified atom stereocenters. The van der Waals surface area contributed by atoms with Crippen LogP contribution in [0.4, 0.5) is 13.2 Å². The summed E-state index contributed by atoms with van der Waals surface area (Å²) in [5.74, 6) is 5.37. The molecule has 102 valence electrons. The lowest BCUT2D eigenvalue weighted by Crippen LogP contribution is -2.28. The van der Waals surface area contributed by atoms with Gasteiger partial charge < -0.3 is 0 Å². The minimum absolute atomic E-state index is 0.00120. The van der Waals surface area contributed by atoms with Crippen LogP contribution in [-0.2, 0) is 0 Å². The van der Waals surface area contributed by atoms with Gasteiger partial charge in [-0.3, -0.25) is 11.3 Å². The van der Waals surface area contributed by atoms with E-state index in [9.17, 15) is 13.2 Å². The molecule has 0 amide bonds. The second-order valence-corrected chi connectivity index (χ2v) is 5.10. The molecule has 0 fully saturated rings. The van der Waals surface area contributed by atoms with E-state index >= 15 is 0 Å². The Morgan fingerprint density at radius 1 is 1.39 bits per heavy atom. The first-order valence-electron chi connectivity index (χ1n) is 5.32. The summed E-state index contributed by atoms with van der Waals surface area (Å²) in [6, 6.07) is 4.87. The first-order chi connectivity index (χ1) is 8.35. The van der Waals surface area contributed by atoms with Crippen molar-refractivity contribution in [1.82, 2.24) is 5.43 Å². The summed E-state index contributed by atoms with van der Waals surface area (Å²) in [6.45, 7) is 0. The molecule has 0 saturated carbocycles. The van der Waals surface area contributed by atoms with Crippen LogP contribution in [0.15, 0.2) is 22.7 Å². The van der Waals surface area contributed by atoms with Gasteiger partial charge in [0.15, 0.2) is 0 Å². The monoisotopic (exact) mass is 344 g/mol. The molecule has 2 nitrogen and oxygen atoms in total. The van der Waals surface area contributed by atoms with Crippen LogP contribution >= 0.6 is 27.5 Å². The Bertz CT molecular complexity index is 398. The molecule has 0 aromatic heterocycles. The smallest absolute Gasteiger partial charge is 0.271 e. The molecule has 0 saturated heterocycles. The summed E-state index contributed by atoms with van der Waals surface area (Å²) in [7, 11) is 0. The van der Waals surface area contributed by atoms with E-state index in [1.54, 1.807) is 18.2 Å². The second kappa shape index (κ2) is 6.75. The van der Waals surface area contributed by atoms with Crippen LogP contribution in [-0.4, -0.2) is 6.18 Å². The number of nitrogens with one attached hydrogen (secondary N) is 1. The average molecular weight is 346 g/mol. The maximum absolute atomic E-state index is 12.1. The van der Waals surface area contributed by atoms with Crippen LogP contribution in [0.25, 0.3) is 0 Å². The molecule has 0 spiro atoms. The van der Waals surface area contributed by atoms with E-state index in [0.29, 0.717) is 15.1 Å². The highest BCUT2D eigenvalue weighted by Gasteiger charge is 2.27. The molecular formula is C11H13BrClF3N2. The maximum Gasteiger partial charge on any atom is 0.389 e. The molecule has 1 aromatic carbocycles. The summed E-state index contributed by atoms with van der Waals surface area (Å²) >= 11 is 9.33. The first-order valence-corrected chi connectivity index (χ1v) is 6.49. The highest BCUT2D eigenvalue weighted by Crippen LogP contribution is 2.33. The van der Waals surface area contributed by atoms with E-state index in [1.807, 2.05) is 0 Å². The number of hydrazine groups is 1. The van der Waals surface area contributed by atoms with Crippen LogP contribution in [0.1, 0.15) is 30.9 Å². The number of halogens is 5. The fourth-order valence-corrected chi connectivity index (χ4v) is 2.26. The lowest BCUT2D eigenvalue weighted by Gasteiger charge is -2.18. The summed E-state index contributed by atoms with van der Waals surface area (Å²) in [4.78, 5) is 0. The average Bonchev–Trinajstić information content (AvgIpc) is 2.27. The van der Waals surface area contributed by atoms with E-state index in [2.05, 4.69) is 21.4 Å². The van der Waals surface area contributed by atoms with Crippen molar-refractivity contribution in [1.29, 1.82) is 0 Å². The Kier molecular flexibility index (Phi) is 5.91. The van der Waals surface area contributed by atoms with Gasteiger partial charge in [0.1, 0.15) is 0 Å². The molecule has 1 atom stereocenters. The normalized spacial score (nSPS) is 13.7. The van der Waals surface area contributed by atoms with Gasteiger partial charge in [0.05, 0.1) is 5.02 Å². The molecular weight excluding hydrogens is 332 g/mol. The molecule has 0 bridgehead atoms. The Morgan fingerprint density at radius 2 is 2.06 bits per heavy atom. The molecule has 0 aliphatic heterocycles. The van der Waals surface area contributed by atoms with Gasteiger partial charge in [-0.2, -0.15) is 13.2 Å². The number of benzene rings is 1. The van der Waals surface area contributed by atoms with E-state index < -0.39 is 18.6 Å². The number of alkyl halides is 3. The highest BCUT2D eigenvalue weighted by molar-refractivity contribution is 9.10. The van der Waals surface area contributed by atoms with Gasteiger partial charge in [0.2, 0.25) is 0 Å². The van der Waals surface area contributed by atoms with Gasteiger partial charge in [-0.15, -0.1) is 0 Å². The van der Waals surface area contributed by atoms with Gasteiger partial charge in [0, 0.05) is 16.9 Å². The third kappa shape index (κ3) is 4.76. The van der Waals surface area contributed by atoms with Crippen molar-refractivity contribution in [3.05, 3.63) is 33.3 Å². The summed E-state index contributed by atoms with van der Waals surface area (Å²) in [5.41, 5.74) is 3.19. The molecule has 0 aliphatic rings. The van der Waals surface area contributed by atoms with Gasteiger partial charge in [-0.05, 0) is 40.4 Å². The Morgan fingerprint density at radius 3 is 2.61 bits per heavy atom. The zero-order chi connectivity index (χ0) is 13.8. The standard InChI is InChI=1S/C11H13BrClF3N2/c12-8-4-1-3-7(10(8)13)9(18-17)5-2-6-11(14,15)16/h1,3-4,9,18H,2,5-6,17H2. The third-order valence-corrected chi connectivity index (χ3v) is 3.82. The van der Waals surface area contributed by atoms with Gasteiger partial charge in [-0.1, -0.05) is 23.7 Å².